The van der Waals surface area contributed by atoms with E-state index in [0.717, 1.165) is 49.1 Å². The van der Waals surface area contributed by atoms with Crippen molar-refractivity contribution in [3.05, 3.63) is 60.1 Å². The van der Waals surface area contributed by atoms with Crippen LogP contribution < -0.4 is 9.47 Å². The van der Waals surface area contributed by atoms with Crippen LogP contribution in [0.5, 0.6) is 17.4 Å². The molecule has 1 aliphatic heterocycles. The molecule has 1 aliphatic rings. The van der Waals surface area contributed by atoms with E-state index in [0.29, 0.717) is 11.8 Å². The second-order valence-corrected chi connectivity index (χ2v) is 7.20. The van der Waals surface area contributed by atoms with Crippen molar-refractivity contribution in [1.82, 2.24) is 24.4 Å². The van der Waals surface area contributed by atoms with E-state index in [1.54, 1.807) is 7.11 Å². The van der Waals surface area contributed by atoms with Crippen molar-refractivity contribution in [3.8, 4) is 17.4 Å². The molecule has 0 unspecified atom stereocenters. The first-order valence-corrected chi connectivity index (χ1v) is 9.46. The lowest BCUT2D eigenvalue weighted by molar-refractivity contribution is 0.317. The van der Waals surface area contributed by atoms with Gasteiger partial charge in [0.25, 0.3) is 0 Å². The van der Waals surface area contributed by atoms with Gasteiger partial charge in [-0.1, -0.05) is 0 Å². The third-order valence-corrected chi connectivity index (χ3v) is 5.07. The molecule has 4 rings (SSSR count). The Hall–Kier alpha value is -2.93. The third-order valence-electron chi connectivity index (χ3n) is 5.07. The van der Waals surface area contributed by atoms with E-state index in [-0.39, 0.29) is 0 Å². The topological polar surface area (TPSA) is 65.3 Å². The van der Waals surface area contributed by atoms with Gasteiger partial charge < -0.3 is 14.0 Å². The zero-order valence-corrected chi connectivity index (χ0v) is 16.5. The molecule has 0 bridgehead atoms. The molecule has 28 heavy (non-hydrogen) atoms. The van der Waals surface area contributed by atoms with Crippen LogP contribution in [0.3, 0.4) is 0 Å². The van der Waals surface area contributed by atoms with Crippen molar-refractivity contribution in [2.75, 3.05) is 20.2 Å². The number of nitrogens with zero attached hydrogens (tertiary/aromatic N) is 5. The molecule has 0 spiro atoms. The average Bonchev–Trinajstić information content (AvgIpc) is 3.32. The van der Waals surface area contributed by atoms with Crippen LogP contribution in [-0.4, -0.2) is 44.6 Å². The number of hydrogen-bond donors (Lipinski definition) is 0. The van der Waals surface area contributed by atoms with Crippen LogP contribution in [0.15, 0.2) is 42.9 Å². The number of aryl methyl sites for hydroxylation is 2. The molecule has 1 atom stereocenters. The molecule has 0 radical (unpaired) electrons. The van der Waals surface area contributed by atoms with Crippen molar-refractivity contribution >= 4 is 0 Å². The highest BCUT2D eigenvalue weighted by Gasteiger charge is 2.27. The minimum absolute atomic E-state index is 0.311. The molecule has 1 fully saturated rings. The van der Waals surface area contributed by atoms with Crippen molar-refractivity contribution in [1.29, 1.82) is 0 Å². The Labute approximate surface area is 165 Å². The maximum atomic E-state index is 5.95. The number of rotatable bonds is 6. The van der Waals surface area contributed by atoms with Gasteiger partial charge in [-0.2, -0.15) is 4.98 Å². The third kappa shape index (κ3) is 4.14. The predicted molar refractivity (Wildman–Crippen MR) is 106 cm³/mol. The van der Waals surface area contributed by atoms with Crippen LogP contribution in [0.25, 0.3) is 0 Å². The smallest absolute Gasteiger partial charge is 0.222 e. The summed E-state index contributed by atoms with van der Waals surface area (Å²) in [4.78, 5) is 16.0. The Kier molecular flexibility index (Phi) is 5.25. The Morgan fingerprint density at radius 2 is 1.93 bits per heavy atom. The van der Waals surface area contributed by atoms with E-state index in [2.05, 4.69) is 19.4 Å². The van der Waals surface area contributed by atoms with Crippen LogP contribution in [0.2, 0.25) is 0 Å². The lowest BCUT2D eigenvalue weighted by Gasteiger charge is -2.16. The predicted octanol–water partition coefficient (Wildman–Crippen LogP) is 3.31. The Balaban J connectivity index is 1.45. The van der Waals surface area contributed by atoms with Gasteiger partial charge in [-0.25, -0.2) is 9.97 Å². The van der Waals surface area contributed by atoms with E-state index in [4.69, 9.17) is 14.5 Å². The monoisotopic (exact) mass is 379 g/mol. The normalized spacial score (nSPS) is 17.0. The largest absolute Gasteiger partial charge is 0.497 e. The summed E-state index contributed by atoms with van der Waals surface area (Å²) in [5, 5.41) is 0. The van der Waals surface area contributed by atoms with Gasteiger partial charge >= 0.3 is 0 Å². The maximum Gasteiger partial charge on any atom is 0.222 e. The number of ether oxygens (including phenoxy) is 2. The average molecular weight is 379 g/mol. The highest BCUT2D eigenvalue weighted by Crippen LogP contribution is 2.29. The van der Waals surface area contributed by atoms with Crippen molar-refractivity contribution in [2.24, 2.45) is 7.05 Å². The molecule has 1 saturated heterocycles. The van der Waals surface area contributed by atoms with Crippen LogP contribution in [0, 0.1) is 6.92 Å². The Morgan fingerprint density at radius 3 is 2.64 bits per heavy atom. The minimum atomic E-state index is 0.311. The summed E-state index contributed by atoms with van der Waals surface area (Å²) < 4.78 is 13.2. The highest BCUT2D eigenvalue weighted by molar-refractivity contribution is 5.34. The summed E-state index contributed by atoms with van der Waals surface area (Å²) in [7, 11) is 3.68. The van der Waals surface area contributed by atoms with E-state index in [9.17, 15) is 0 Å². The number of methoxy groups -OCH3 is 1. The van der Waals surface area contributed by atoms with Crippen LogP contribution >= 0.6 is 0 Å². The summed E-state index contributed by atoms with van der Waals surface area (Å²) in [6, 6.07) is 9.37. The zero-order chi connectivity index (χ0) is 19.5. The molecule has 0 N–H and O–H groups in total. The fourth-order valence-corrected chi connectivity index (χ4v) is 3.51. The first-order chi connectivity index (χ1) is 13.6. The quantitative estimate of drug-likeness (QED) is 0.655. The van der Waals surface area contributed by atoms with Gasteiger partial charge in [0, 0.05) is 44.0 Å². The van der Waals surface area contributed by atoms with E-state index in [1.165, 1.54) is 5.69 Å². The number of aromatic nitrogens is 4. The summed E-state index contributed by atoms with van der Waals surface area (Å²) in [5.41, 5.74) is 2.13. The van der Waals surface area contributed by atoms with Gasteiger partial charge in [-0.3, -0.25) is 4.90 Å². The molecule has 0 amide bonds. The number of likely N-dealkylation sites (tertiary alicyclic amines) is 1. The van der Waals surface area contributed by atoms with Gasteiger partial charge in [0.05, 0.1) is 19.1 Å². The Bertz CT molecular complexity index is 938. The molecule has 0 aliphatic carbocycles. The van der Waals surface area contributed by atoms with E-state index < -0.39 is 0 Å². The zero-order valence-electron chi connectivity index (χ0n) is 16.5. The standard InChI is InChI=1S/C21H25N5O2/c1-15-10-20(28-19-6-4-18(27-3)5-7-19)24-21(23-15)16-8-9-26(12-16)13-17-11-22-14-25(17)2/h4-7,10-11,14,16H,8-9,12-13H2,1-3H3/t16-/m0/s1. The lowest BCUT2D eigenvalue weighted by atomic mass is 10.1. The van der Waals surface area contributed by atoms with Crippen LogP contribution in [-0.2, 0) is 13.6 Å². The number of imidazole rings is 1. The molecule has 146 valence electrons. The Morgan fingerprint density at radius 1 is 1.14 bits per heavy atom. The van der Waals surface area contributed by atoms with Crippen molar-refractivity contribution in [3.63, 3.8) is 0 Å². The van der Waals surface area contributed by atoms with Gasteiger partial charge in [0.1, 0.15) is 17.3 Å². The number of hydrogen-bond acceptors (Lipinski definition) is 6. The SMILES string of the molecule is COc1ccc(Oc2cc(C)nc([C@H]3CCN(Cc4cncn4C)C3)n2)cc1. The second-order valence-electron chi connectivity index (χ2n) is 7.20. The summed E-state index contributed by atoms with van der Waals surface area (Å²) in [6.07, 6.45) is 4.82. The summed E-state index contributed by atoms with van der Waals surface area (Å²) in [5.74, 6) is 3.28. The van der Waals surface area contributed by atoms with Gasteiger partial charge in [-0.05, 0) is 44.2 Å². The molecular weight excluding hydrogens is 354 g/mol. The molecule has 1 aromatic carbocycles. The summed E-state index contributed by atoms with van der Waals surface area (Å²) in [6.45, 7) is 4.85. The van der Waals surface area contributed by atoms with Crippen LogP contribution in [0.4, 0.5) is 0 Å². The molecule has 3 heterocycles. The molecule has 7 nitrogen and oxygen atoms in total. The van der Waals surface area contributed by atoms with Crippen LogP contribution in [0.1, 0.15) is 29.6 Å². The molecule has 2 aromatic heterocycles. The summed E-state index contributed by atoms with van der Waals surface area (Å²) >= 11 is 0. The maximum absolute atomic E-state index is 5.95. The highest BCUT2D eigenvalue weighted by atomic mass is 16.5. The molecular formula is C21H25N5O2. The van der Waals surface area contributed by atoms with Gasteiger partial charge in [0.2, 0.25) is 5.88 Å². The van der Waals surface area contributed by atoms with Gasteiger partial charge in [-0.15, -0.1) is 0 Å². The molecule has 0 saturated carbocycles. The van der Waals surface area contributed by atoms with E-state index >= 15 is 0 Å². The number of benzene rings is 1. The molecule has 7 heteroatoms. The fourth-order valence-electron chi connectivity index (χ4n) is 3.51. The second kappa shape index (κ2) is 7.98. The fraction of sp³-hybridized carbons (Fsp3) is 0.381. The first kappa shape index (κ1) is 18.4. The lowest BCUT2D eigenvalue weighted by Crippen LogP contribution is -2.21. The minimum Gasteiger partial charge on any atom is -0.497 e. The van der Waals surface area contributed by atoms with E-state index in [1.807, 2.05) is 56.8 Å². The van der Waals surface area contributed by atoms with Crippen molar-refractivity contribution in [2.45, 2.75) is 25.8 Å². The van der Waals surface area contributed by atoms with Gasteiger partial charge in [0.15, 0.2) is 0 Å². The first-order valence-electron chi connectivity index (χ1n) is 9.46. The van der Waals surface area contributed by atoms with Crippen molar-refractivity contribution < 1.29 is 9.47 Å². The molecule has 3 aromatic rings.